The van der Waals surface area contributed by atoms with E-state index in [0.717, 1.165) is 16.7 Å². The fraction of sp³-hybridized carbons (Fsp3) is 0.364. The van der Waals surface area contributed by atoms with Crippen LogP contribution in [0, 0.1) is 6.92 Å². The Labute approximate surface area is 181 Å². The van der Waals surface area contributed by atoms with Crippen molar-refractivity contribution in [2.75, 3.05) is 18.6 Å². The highest BCUT2D eigenvalue weighted by molar-refractivity contribution is 8.15. The van der Waals surface area contributed by atoms with Gasteiger partial charge in [0.25, 0.3) is 5.91 Å². The largest absolute Gasteiger partial charge is 0.496 e. The standard InChI is InChI=1S/C22H24N2O4S2/c1-15-7-9-16(10-8-15)12-24-18-13-30(26,27)14-20(18)29-22(24)23-21(25)11-17-5-3-4-6-19(17)28-2/h3-10,18,20H,11-14H2,1-2H3/t18-,20-/m0/s1. The van der Waals surface area contributed by atoms with Crippen LogP contribution >= 0.6 is 11.8 Å². The molecule has 0 radical (unpaired) electrons. The van der Waals surface area contributed by atoms with E-state index in [2.05, 4.69) is 4.99 Å². The zero-order valence-electron chi connectivity index (χ0n) is 16.9. The first-order valence-electron chi connectivity index (χ1n) is 9.77. The van der Waals surface area contributed by atoms with Crippen molar-refractivity contribution in [3.05, 3.63) is 65.2 Å². The summed E-state index contributed by atoms with van der Waals surface area (Å²) in [6, 6.07) is 15.4. The Balaban J connectivity index is 1.58. The Bertz CT molecular complexity index is 1080. The smallest absolute Gasteiger partial charge is 0.252 e. The number of fused-ring (bicyclic) bond motifs is 1. The van der Waals surface area contributed by atoms with Crippen LogP contribution in [0.15, 0.2) is 53.5 Å². The van der Waals surface area contributed by atoms with Crippen LogP contribution < -0.4 is 4.74 Å². The highest BCUT2D eigenvalue weighted by Gasteiger charge is 2.48. The van der Waals surface area contributed by atoms with E-state index in [0.29, 0.717) is 17.5 Å². The van der Waals surface area contributed by atoms with Crippen molar-refractivity contribution >= 4 is 32.7 Å². The zero-order chi connectivity index (χ0) is 21.3. The summed E-state index contributed by atoms with van der Waals surface area (Å²) in [5.74, 6) is 0.631. The van der Waals surface area contributed by atoms with Gasteiger partial charge in [0.1, 0.15) is 5.75 Å². The Morgan fingerprint density at radius 2 is 1.90 bits per heavy atom. The third-order valence-corrected chi connectivity index (χ3v) is 8.65. The first-order valence-corrected chi connectivity index (χ1v) is 12.5. The fourth-order valence-corrected chi connectivity index (χ4v) is 7.84. The first kappa shape index (κ1) is 20.9. The van der Waals surface area contributed by atoms with Crippen molar-refractivity contribution in [1.82, 2.24) is 4.90 Å². The number of methoxy groups -OCH3 is 1. The molecule has 1 amide bonds. The number of amides is 1. The number of carbonyl (C=O) groups is 1. The number of aryl methyl sites for hydroxylation is 1. The molecule has 2 heterocycles. The van der Waals surface area contributed by atoms with E-state index in [4.69, 9.17) is 4.74 Å². The molecule has 0 aromatic heterocycles. The average Bonchev–Trinajstić information content (AvgIpc) is 3.16. The number of aliphatic imine (C=N–C) groups is 1. The van der Waals surface area contributed by atoms with Crippen molar-refractivity contribution in [2.24, 2.45) is 4.99 Å². The molecule has 2 aliphatic heterocycles. The van der Waals surface area contributed by atoms with Gasteiger partial charge in [0.05, 0.1) is 31.1 Å². The number of thioether (sulfide) groups is 1. The maximum Gasteiger partial charge on any atom is 0.252 e. The molecule has 0 saturated carbocycles. The maximum absolute atomic E-state index is 12.7. The van der Waals surface area contributed by atoms with Gasteiger partial charge in [0, 0.05) is 17.4 Å². The zero-order valence-corrected chi connectivity index (χ0v) is 18.6. The lowest BCUT2D eigenvalue weighted by molar-refractivity contribution is -0.117. The molecular weight excluding hydrogens is 420 g/mol. The predicted molar refractivity (Wildman–Crippen MR) is 120 cm³/mol. The van der Waals surface area contributed by atoms with Crippen LogP contribution in [-0.4, -0.2) is 54.3 Å². The van der Waals surface area contributed by atoms with Crippen LogP contribution in [0.25, 0.3) is 0 Å². The van der Waals surface area contributed by atoms with Gasteiger partial charge in [-0.3, -0.25) is 4.79 Å². The summed E-state index contributed by atoms with van der Waals surface area (Å²) < 4.78 is 29.7. The van der Waals surface area contributed by atoms with Gasteiger partial charge in [-0.15, -0.1) is 0 Å². The molecule has 2 atom stereocenters. The summed E-state index contributed by atoms with van der Waals surface area (Å²) in [4.78, 5) is 19.1. The summed E-state index contributed by atoms with van der Waals surface area (Å²) >= 11 is 1.41. The van der Waals surface area contributed by atoms with Gasteiger partial charge in [-0.2, -0.15) is 4.99 Å². The van der Waals surface area contributed by atoms with Crippen LogP contribution in [0.2, 0.25) is 0 Å². The number of amidine groups is 1. The molecule has 6 nitrogen and oxygen atoms in total. The Hall–Kier alpha value is -2.32. The van der Waals surface area contributed by atoms with Crippen LogP contribution in [0.1, 0.15) is 16.7 Å². The van der Waals surface area contributed by atoms with Crippen LogP contribution in [0.3, 0.4) is 0 Å². The average molecular weight is 445 g/mol. The molecule has 2 aromatic rings. The lowest BCUT2D eigenvalue weighted by Crippen LogP contribution is -2.37. The lowest BCUT2D eigenvalue weighted by atomic mass is 10.1. The topological polar surface area (TPSA) is 76.0 Å². The summed E-state index contributed by atoms with van der Waals surface area (Å²) in [5.41, 5.74) is 3.01. The number of rotatable bonds is 5. The molecule has 0 unspecified atom stereocenters. The minimum absolute atomic E-state index is 0.0849. The quantitative estimate of drug-likeness (QED) is 0.706. The van der Waals surface area contributed by atoms with Gasteiger partial charge in [-0.05, 0) is 18.6 Å². The summed E-state index contributed by atoms with van der Waals surface area (Å²) in [6.07, 6.45) is 0.139. The van der Waals surface area contributed by atoms with E-state index in [1.807, 2.05) is 60.4 Å². The lowest BCUT2D eigenvalue weighted by Gasteiger charge is -2.24. The van der Waals surface area contributed by atoms with Gasteiger partial charge < -0.3 is 9.64 Å². The molecule has 0 spiro atoms. The molecule has 0 N–H and O–H groups in total. The third-order valence-electron chi connectivity index (χ3n) is 5.40. The molecule has 0 aliphatic carbocycles. The highest BCUT2D eigenvalue weighted by atomic mass is 32.2. The molecule has 8 heteroatoms. The van der Waals surface area contributed by atoms with E-state index < -0.39 is 9.84 Å². The maximum atomic E-state index is 12.7. The SMILES string of the molecule is COc1ccccc1CC(=O)N=C1S[C@H]2CS(=O)(=O)C[C@@H]2N1Cc1ccc(C)cc1. The Kier molecular flexibility index (Phi) is 5.88. The monoisotopic (exact) mass is 444 g/mol. The highest BCUT2D eigenvalue weighted by Crippen LogP contribution is 2.39. The van der Waals surface area contributed by atoms with Crippen LogP contribution in [0.4, 0.5) is 0 Å². The van der Waals surface area contributed by atoms with Gasteiger partial charge in [0.15, 0.2) is 15.0 Å². The van der Waals surface area contributed by atoms with Gasteiger partial charge in [-0.1, -0.05) is 59.8 Å². The first-order chi connectivity index (χ1) is 14.3. The molecule has 2 fully saturated rings. The minimum Gasteiger partial charge on any atom is -0.496 e. The molecule has 0 bridgehead atoms. The second-order valence-corrected chi connectivity index (χ2v) is 11.1. The normalized spacial score (nSPS) is 23.5. The molecule has 2 saturated heterocycles. The van der Waals surface area contributed by atoms with Gasteiger partial charge in [0.2, 0.25) is 0 Å². The van der Waals surface area contributed by atoms with Crippen LogP contribution in [-0.2, 0) is 27.6 Å². The van der Waals surface area contributed by atoms with Crippen molar-refractivity contribution in [3.63, 3.8) is 0 Å². The number of para-hydroxylation sites is 1. The summed E-state index contributed by atoms with van der Waals surface area (Å²) in [5, 5.41) is 0.527. The second-order valence-electron chi connectivity index (χ2n) is 7.69. The van der Waals surface area contributed by atoms with Crippen molar-refractivity contribution in [2.45, 2.75) is 31.2 Å². The molecule has 2 aromatic carbocycles. The molecule has 2 aliphatic rings. The van der Waals surface area contributed by atoms with Gasteiger partial charge >= 0.3 is 0 Å². The number of carbonyl (C=O) groups excluding carboxylic acids is 1. The van der Waals surface area contributed by atoms with E-state index in [-0.39, 0.29) is 35.1 Å². The van der Waals surface area contributed by atoms with E-state index in [9.17, 15) is 13.2 Å². The van der Waals surface area contributed by atoms with Crippen molar-refractivity contribution < 1.29 is 17.9 Å². The number of nitrogens with zero attached hydrogens (tertiary/aromatic N) is 2. The van der Waals surface area contributed by atoms with Crippen LogP contribution in [0.5, 0.6) is 5.75 Å². The molecule has 158 valence electrons. The van der Waals surface area contributed by atoms with Crippen molar-refractivity contribution in [1.29, 1.82) is 0 Å². The number of hydrogen-bond acceptors (Lipinski definition) is 5. The van der Waals surface area contributed by atoms with E-state index in [1.54, 1.807) is 7.11 Å². The molecule has 4 rings (SSSR count). The molecule has 30 heavy (non-hydrogen) atoms. The molecular formula is C22H24N2O4S2. The Morgan fingerprint density at radius 3 is 2.63 bits per heavy atom. The third kappa shape index (κ3) is 4.54. The Morgan fingerprint density at radius 1 is 1.17 bits per heavy atom. The predicted octanol–water partition coefficient (Wildman–Crippen LogP) is 2.84. The number of benzene rings is 2. The van der Waals surface area contributed by atoms with Gasteiger partial charge in [-0.25, -0.2) is 8.42 Å². The summed E-state index contributed by atoms with van der Waals surface area (Å²) in [7, 11) is -1.49. The van der Waals surface area contributed by atoms with Crippen molar-refractivity contribution in [3.8, 4) is 5.75 Å². The second kappa shape index (κ2) is 8.43. The summed E-state index contributed by atoms with van der Waals surface area (Å²) in [6.45, 7) is 2.56. The fourth-order valence-electron chi connectivity index (χ4n) is 3.87. The number of ether oxygens (including phenoxy) is 1. The number of sulfone groups is 1. The minimum atomic E-state index is -3.07. The number of hydrogen-bond donors (Lipinski definition) is 0. The van der Waals surface area contributed by atoms with E-state index >= 15 is 0 Å². The van der Waals surface area contributed by atoms with E-state index in [1.165, 1.54) is 11.8 Å².